The Morgan fingerprint density at radius 1 is 1.24 bits per heavy atom. The number of hydrogen-bond acceptors (Lipinski definition) is 3. The maximum atomic E-state index is 13.2. The van der Waals surface area contributed by atoms with Gasteiger partial charge in [-0.15, -0.1) is 11.3 Å². The molecule has 17 heavy (non-hydrogen) atoms. The lowest BCUT2D eigenvalue weighted by Crippen LogP contribution is -2.05. The number of halogens is 3. The van der Waals surface area contributed by atoms with Crippen molar-refractivity contribution < 1.29 is 13.2 Å². The third kappa shape index (κ3) is 2.76. The van der Waals surface area contributed by atoms with E-state index >= 15 is 0 Å². The Kier molecular flexibility index (Phi) is 3.33. The van der Waals surface area contributed by atoms with Crippen LogP contribution in [0.1, 0.15) is 9.75 Å². The number of anilines is 1. The van der Waals surface area contributed by atoms with Crippen molar-refractivity contribution in [3.05, 3.63) is 45.5 Å². The lowest BCUT2D eigenvalue weighted by Gasteiger charge is -2.05. The number of rotatable bonds is 3. The van der Waals surface area contributed by atoms with Crippen LogP contribution in [0, 0.1) is 24.5 Å². The molecule has 0 saturated carbocycles. The second kappa shape index (κ2) is 4.75. The molecule has 2 aromatic heterocycles. The minimum Gasteiger partial charge on any atom is -0.363 e. The fourth-order valence-electron chi connectivity index (χ4n) is 1.32. The van der Waals surface area contributed by atoms with Crippen molar-refractivity contribution in [2.75, 3.05) is 5.32 Å². The van der Waals surface area contributed by atoms with Gasteiger partial charge in [0, 0.05) is 15.8 Å². The Morgan fingerprint density at radius 2 is 2.00 bits per heavy atom. The van der Waals surface area contributed by atoms with Gasteiger partial charge < -0.3 is 5.32 Å². The van der Waals surface area contributed by atoms with Gasteiger partial charge in [0.1, 0.15) is 0 Å². The highest BCUT2D eigenvalue weighted by molar-refractivity contribution is 7.11. The molecule has 1 N–H and O–H groups in total. The first kappa shape index (κ1) is 11.9. The molecule has 0 aliphatic heterocycles. The van der Waals surface area contributed by atoms with Gasteiger partial charge in [-0.1, -0.05) is 0 Å². The van der Waals surface area contributed by atoms with Gasteiger partial charge in [0.2, 0.25) is 0 Å². The summed E-state index contributed by atoms with van der Waals surface area (Å²) in [5.74, 6) is -3.79. The molecule has 0 fully saturated rings. The van der Waals surface area contributed by atoms with Gasteiger partial charge in [-0.05, 0) is 19.1 Å². The Balaban J connectivity index is 2.11. The van der Waals surface area contributed by atoms with Crippen LogP contribution in [0.25, 0.3) is 0 Å². The van der Waals surface area contributed by atoms with Crippen molar-refractivity contribution in [3.8, 4) is 0 Å². The molecule has 0 amide bonds. The molecule has 2 heterocycles. The van der Waals surface area contributed by atoms with E-state index in [-0.39, 0.29) is 5.82 Å². The van der Waals surface area contributed by atoms with Crippen LogP contribution in [-0.2, 0) is 6.54 Å². The van der Waals surface area contributed by atoms with E-state index in [0.717, 1.165) is 9.75 Å². The first-order valence-corrected chi connectivity index (χ1v) is 5.68. The van der Waals surface area contributed by atoms with Crippen LogP contribution in [0.2, 0.25) is 0 Å². The maximum absolute atomic E-state index is 13.2. The van der Waals surface area contributed by atoms with Crippen molar-refractivity contribution in [1.29, 1.82) is 0 Å². The van der Waals surface area contributed by atoms with E-state index in [1.165, 1.54) is 11.3 Å². The molecular weight excluding hydrogens is 249 g/mol. The normalized spacial score (nSPS) is 10.6. The van der Waals surface area contributed by atoms with Gasteiger partial charge in [0.05, 0.1) is 6.54 Å². The highest BCUT2D eigenvalue weighted by Crippen LogP contribution is 2.18. The fourth-order valence-corrected chi connectivity index (χ4v) is 2.15. The summed E-state index contributed by atoms with van der Waals surface area (Å²) in [4.78, 5) is 5.26. The van der Waals surface area contributed by atoms with Crippen molar-refractivity contribution in [1.82, 2.24) is 4.98 Å². The third-order valence-corrected chi connectivity index (χ3v) is 3.11. The number of pyridine rings is 1. The second-order valence-electron chi connectivity index (χ2n) is 3.46. The average Bonchev–Trinajstić information content (AvgIpc) is 2.68. The smallest absolute Gasteiger partial charge is 0.251 e. The quantitative estimate of drug-likeness (QED) is 0.852. The van der Waals surface area contributed by atoms with Gasteiger partial charge in [-0.3, -0.25) is 0 Å². The minimum absolute atomic E-state index is 0.282. The topological polar surface area (TPSA) is 24.9 Å². The molecular formula is C11H9F3N2S. The van der Waals surface area contributed by atoms with Crippen LogP contribution in [-0.4, -0.2) is 4.98 Å². The molecule has 2 rings (SSSR count). The number of aryl methyl sites for hydroxylation is 1. The zero-order valence-corrected chi connectivity index (χ0v) is 9.75. The second-order valence-corrected chi connectivity index (χ2v) is 4.83. The van der Waals surface area contributed by atoms with E-state index in [0.29, 0.717) is 12.6 Å². The van der Waals surface area contributed by atoms with Gasteiger partial charge in [0.25, 0.3) is 5.95 Å². The van der Waals surface area contributed by atoms with Crippen molar-refractivity contribution >= 4 is 17.2 Å². The first-order chi connectivity index (χ1) is 8.06. The highest BCUT2D eigenvalue weighted by Gasteiger charge is 2.11. The summed E-state index contributed by atoms with van der Waals surface area (Å²) in [7, 11) is 0. The van der Waals surface area contributed by atoms with E-state index in [2.05, 4.69) is 10.3 Å². The standard InChI is InChI=1S/C11H9F3N2S/c1-6-2-3-7(17-6)5-15-11-9(13)4-8(12)10(14)16-11/h2-4H,5H2,1H3,(H,15,16). The summed E-state index contributed by atoms with van der Waals surface area (Å²) < 4.78 is 38.6. The van der Waals surface area contributed by atoms with Crippen LogP contribution in [0.15, 0.2) is 18.2 Å². The van der Waals surface area contributed by atoms with Gasteiger partial charge >= 0.3 is 0 Å². The molecule has 2 nitrogen and oxygen atoms in total. The molecule has 0 radical (unpaired) electrons. The molecule has 0 unspecified atom stereocenters. The van der Waals surface area contributed by atoms with Crippen LogP contribution in [0.3, 0.4) is 0 Å². The summed E-state index contributed by atoms with van der Waals surface area (Å²) in [6.07, 6.45) is 0. The molecule has 6 heteroatoms. The maximum Gasteiger partial charge on any atom is 0.251 e. The lowest BCUT2D eigenvalue weighted by molar-refractivity contribution is 0.466. The average molecular weight is 258 g/mol. The summed E-state index contributed by atoms with van der Waals surface area (Å²) in [6.45, 7) is 2.28. The predicted molar refractivity (Wildman–Crippen MR) is 60.5 cm³/mol. The summed E-state index contributed by atoms with van der Waals surface area (Å²) in [5, 5.41) is 2.63. The number of nitrogens with one attached hydrogen (secondary N) is 1. The van der Waals surface area contributed by atoms with Gasteiger partial charge in [0.15, 0.2) is 17.5 Å². The molecule has 0 aliphatic carbocycles. The predicted octanol–water partition coefficient (Wildman–Crippen LogP) is 3.48. The van der Waals surface area contributed by atoms with Crippen molar-refractivity contribution in [2.24, 2.45) is 0 Å². The molecule has 0 saturated heterocycles. The van der Waals surface area contributed by atoms with Crippen molar-refractivity contribution in [2.45, 2.75) is 13.5 Å². The molecule has 90 valence electrons. The van der Waals surface area contributed by atoms with E-state index in [1.54, 1.807) is 0 Å². The Labute approximate surface area is 100 Å². The van der Waals surface area contributed by atoms with Crippen LogP contribution >= 0.6 is 11.3 Å². The van der Waals surface area contributed by atoms with Crippen LogP contribution in [0.4, 0.5) is 19.0 Å². The number of aromatic nitrogens is 1. The molecule has 0 spiro atoms. The highest BCUT2D eigenvalue weighted by atomic mass is 32.1. The fraction of sp³-hybridized carbons (Fsp3) is 0.182. The number of nitrogens with zero attached hydrogens (tertiary/aromatic N) is 1. The summed E-state index contributed by atoms with van der Waals surface area (Å²) in [5.41, 5.74) is 0. The lowest BCUT2D eigenvalue weighted by atomic mass is 10.4. The van der Waals surface area contributed by atoms with E-state index in [4.69, 9.17) is 0 Å². The molecule has 0 atom stereocenters. The molecule has 0 bridgehead atoms. The van der Waals surface area contributed by atoms with Crippen LogP contribution in [0.5, 0.6) is 0 Å². The largest absolute Gasteiger partial charge is 0.363 e. The monoisotopic (exact) mass is 258 g/mol. The van der Waals surface area contributed by atoms with E-state index in [9.17, 15) is 13.2 Å². The van der Waals surface area contributed by atoms with E-state index in [1.807, 2.05) is 19.1 Å². The van der Waals surface area contributed by atoms with Gasteiger partial charge in [-0.25, -0.2) is 8.78 Å². The van der Waals surface area contributed by atoms with E-state index < -0.39 is 17.6 Å². The SMILES string of the molecule is Cc1ccc(CNc2nc(F)c(F)cc2F)s1. The molecule has 0 aliphatic rings. The summed E-state index contributed by atoms with van der Waals surface area (Å²) >= 11 is 1.54. The number of thiophene rings is 1. The van der Waals surface area contributed by atoms with Crippen molar-refractivity contribution in [3.63, 3.8) is 0 Å². The Bertz CT molecular complexity index is 540. The third-order valence-electron chi connectivity index (χ3n) is 2.11. The number of hydrogen-bond donors (Lipinski definition) is 1. The first-order valence-electron chi connectivity index (χ1n) is 4.87. The zero-order valence-electron chi connectivity index (χ0n) is 8.93. The summed E-state index contributed by atoms with van der Waals surface area (Å²) in [6, 6.07) is 4.28. The minimum atomic E-state index is -1.31. The molecule has 2 aromatic rings. The zero-order chi connectivity index (χ0) is 12.4. The Hall–Kier alpha value is -1.56. The van der Waals surface area contributed by atoms with Gasteiger partial charge in [-0.2, -0.15) is 9.37 Å². The Morgan fingerprint density at radius 3 is 2.65 bits per heavy atom. The molecule has 0 aromatic carbocycles. The van der Waals surface area contributed by atoms with Crippen LogP contribution < -0.4 is 5.32 Å².